The van der Waals surface area contributed by atoms with Gasteiger partial charge in [0.1, 0.15) is 17.2 Å². The van der Waals surface area contributed by atoms with Gasteiger partial charge in [-0.15, -0.1) is 0 Å². The van der Waals surface area contributed by atoms with Gasteiger partial charge in [0.25, 0.3) is 5.91 Å². The van der Waals surface area contributed by atoms with Crippen molar-refractivity contribution in [2.45, 2.75) is 13.3 Å². The van der Waals surface area contributed by atoms with E-state index < -0.39 is 0 Å². The van der Waals surface area contributed by atoms with Gasteiger partial charge in [0.05, 0.1) is 25.8 Å². The van der Waals surface area contributed by atoms with Crippen LogP contribution in [0.5, 0.6) is 28.7 Å². The molecule has 31 heavy (non-hydrogen) atoms. The Bertz CT molecular complexity index is 1020. The predicted octanol–water partition coefficient (Wildman–Crippen LogP) is 6.19. The molecular weight excluding hydrogens is 418 g/mol. The van der Waals surface area contributed by atoms with Crippen LogP contribution in [0.4, 0.5) is 5.69 Å². The van der Waals surface area contributed by atoms with Gasteiger partial charge in [0.2, 0.25) is 0 Å². The van der Waals surface area contributed by atoms with Crippen LogP contribution >= 0.6 is 11.6 Å². The SMILES string of the molecule is CCCOc1c(Cl)cc(C(=O)Nc2ccc(Oc3ccc(OC)cc3)cc2)cc1OC. The van der Waals surface area contributed by atoms with E-state index in [0.29, 0.717) is 45.9 Å². The zero-order valence-corrected chi connectivity index (χ0v) is 18.4. The third-order valence-electron chi connectivity index (χ3n) is 4.35. The van der Waals surface area contributed by atoms with Gasteiger partial charge in [-0.1, -0.05) is 18.5 Å². The number of carbonyl (C=O) groups excluding carboxylic acids is 1. The highest BCUT2D eigenvalue weighted by atomic mass is 35.5. The lowest BCUT2D eigenvalue weighted by Gasteiger charge is -2.14. The van der Waals surface area contributed by atoms with Gasteiger partial charge in [0.15, 0.2) is 11.5 Å². The molecule has 3 rings (SSSR count). The molecule has 0 unspecified atom stereocenters. The standard InChI is InChI=1S/C24H24ClNO5/c1-4-13-30-23-21(25)14-16(15-22(23)29-3)24(27)26-17-5-7-19(8-6-17)31-20-11-9-18(28-2)10-12-20/h5-12,14-15H,4,13H2,1-3H3,(H,26,27). The van der Waals surface area contributed by atoms with Crippen LogP contribution in [0, 0.1) is 0 Å². The van der Waals surface area contributed by atoms with Crippen molar-refractivity contribution in [3.63, 3.8) is 0 Å². The zero-order valence-electron chi connectivity index (χ0n) is 17.6. The summed E-state index contributed by atoms with van der Waals surface area (Å²) in [5, 5.41) is 3.16. The molecule has 0 radical (unpaired) electrons. The summed E-state index contributed by atoms with van der Waals surface area (Å²) >= 11 is 6.30. The quantitative estimate of drug-likeness (QED) is 0.428. The fourth-order valence-electron chi connectivity index (χ4n) is 2.78. The fourth-order valence-corrected chi connectivity index (χ4v) is 3.05. The van der Waals surface area contributed by atoms with Crippen LogP contribution < -0.4 is 24.3 Å². The normalized spacial score (nSPS) is 10.3. The number of halogens is 1. The van der Waals surface area contributed by atoms with E-state index in [1.807, 2.05) is 31.2 Å². The Hall–Kier alpha value is -3.38. The number of amides is 1. The van der Waals surface area contributed by atoms with Gasteiger partial charge in [-0.25, -0.2) is 0 Å². The van der Waals surface area contributed by atoms with Crippen LogP contribution in [-0.4, -0.2) is 26.7 Å². The minimum atomic E-state index is -0.314. The lowest BCUT2D eigenvalue weighted by molar-refractivity contribution is 0.102. The van der Waals surface area contributed by atoms with E-state index in [-0.39, 0.29) is 5.91 Å². The highest BCUT2D eigenvalue weighted by Gasteiger charge is 2.16. The summed E-state index contributed by atoms with van der Waals surface area (Å²) in [6.45, 7) is 2.50. The molecule has 0 bridgehead atoms. The molecule has 0 heterocycles. The Morgan fingerprint density at radius 3 is 2.10 bits per heavy atom. The summed E-state index contributed by atoms with van der Waals surface area (Å²) in [6.07, 6.45) is 0.833. The van der Waals surface area contributed by atoms with Gasteiger partial charge < -0.3 is 24.3 Å². The Labute approximate surface area is 186 Å². The lowest BCUT2D eigenvalue weighted by atomic mass is 10.1. The molecule has 162 valence electrons. The largest absolute Gasteiger partial charge is 0.497 e. The molecule has 0 saturated carbocycles. The van der Waals surface area contributed by atoms with Gasteiger partial charge in [0, 0.05) is 11.3 Å². The van der Waals surface area contributed by atoms with Gasteiger partial charge in [-0.2, -0.15) is 0 Å². The summed E-state index contributed by atoms with van der Waals surface area (Å²) in [4.78, 5) is 12.7. The van der Waals surface area contributed by atoms with Crippen LogP contribution in [-0.2, 0) is 0 Å². The van der Waals surface area contributed by atoms with E-state index in [2.05, 4.69) is 5.32 Å². The Kier molecular flexibility index (Phi) is 7.62. The van der Waals surface area contributed by atoms with E-state index >= 15 is 0 Å². The number of nitrogens with one attached hydrogen (secondary N) is 1. The maximum atomic E-state index is 12.7. The molecule has 7 heteroatoms. The number of hydrogen-bond donors (Lipinski definition) is 1. The van der Waals surface area contributed by atoms with Crippen LogP contribution in [0.25, 0.3) is 0 Å². The maximum absolute atomic E-state index is 12.7. The van der Waals surface area contributed by atoms with Crippen molar-refractivity contribution in [2.75, 3.05) is 26.1 Å². The first-order chi connectivity index (χ1) is 15.0. The molecule has 0 atom stereocenters. The van der Waals surface area contributed by atoms with Gasteiger partial charge in [-0.05, 0) is 67.1 Å². The molecule has 0 aliphatic heterocycles. The molecule has 0 saturated heterocycles. The fraction of sp³-hybridized carbons (Fsp3) is 0.208. The van der Waals surface area contributed by atoms with E-state index in [1.54, 1.807) is 43.5 Å². The smallest absolute Gasteiger partial charge is 0.255 e. The van der Waals surface area contributed by atoms with E-state index in [4.69, 9.17) is 30.5 Å². The van der Waals surface area contributed by atoms with Crippen molar-refractivity contribution >= 4 is 23.2 Å². The number of hydrogen-bond acceptors (Lipinski definition) is 5. The molecule has 1 amide bonds. The second-order valence-corrected chi connectivity index (χ2v) is 7.00. The van der Waals surface area contributed by atoms with E-state index in [1.165, 1.54) is 7.11 Å². The van der Waals surface area contributed by atoms with Gasteiger partial charge >= 0.3 is 0 Å². The van der Waals surface area contributed by atoms with Crippen LogP contribution in [0.3, 0.4) is 0 Å². The first-order valence-electron chi connectivity index (χ1n) is 9.77. The van der Waals surface area contributed by atoms with Crippen molar-refractivity contribution < 1.29 is 23.7 Å². The predicted molar refractivity (Wildman–Crippen MR) is 121 cm³/mol. The highest BCUT2D eigenvalue weighted by Crippen LogP contribution is 2.36. The molecular formula is C24H24ClNO5. The molecule has 0 aromatic heterocycles. The van der Waals surface area contributed by atoms with Crippen molar-refractivity contribution in [3.8, 4) is 28.7 Å². The molecule has 6 nitrogen and oxygen atoms in total. The van der Waals surface area contributed by atoms with Crippen LogP contribution in [0.15, 0.2) is 60.7 Å². The van der Waals surface area contributed by atoms with E-state index in [0.717, 1.165) is 12.2 Å². The molecule has 0 fully saturated rings. The number of benzene rings is 3. The highest BCUT2D eigenvalue weighted by molar-refractivity contribution is 6.32. The molecule has 3 aromatic rings. The van der Waals surface area contributed by atoms with Crippen molar-refractivity contribution in [1.82, 2.24) is 0 Å². The number of anilines is 1. The summed E-state index contributed by atoms with van der Waals surface area (Å²) in [6, 6.07) is 17.5. The number of rotatable bonds is 9. The topological polar surface area (TPSA) is 66.0 Å². The number of carbonyl (C=O) groups is 1. The van der Waals surface area contributed by atoms with E-state index in [9.17, 15) is 4.79 Å². The lowest BCUT2D eigenvalue weighted by Crippen LogP contribution is -2.12. The summed E-state index contributed by atoms with van der Waals surface area (Å²) in [5.74, 6) is 2.62. The van der Waals surface area contributed by atoms with Crippen molar-refractivity contribution in [1.29, 1.82) is 0 Å². The van der Waals surface area contributed by atoms with Crippen LogP contribution in [0.2, 0.25) is 5.02 Å². The van der Waals surface area contributed by atoms with Crippen molar-refractivity contribution in [3.05, 3.63) is 71.2 Å². The zero-order chi connectivity index (χ0) is 22.2. The maximum Gasteiger partial charge on any atom is 0.255 e. The van der Waals surface area contributed by atoms with Crippen molar-refractivity contribution in [2.24, 2.45) is 0 Å². The molecule has 0 aliphatic rings. The van der Waals surface area contributed by atoms with Gasteiger partial charge in [-0.3, -0.25) is 4.79 Å². The summed E-state index contributed by atoms with van der Waals surface area (Å²) in [7, 11) is 3.12. The number of methoxy groups -OCH3 is 2. The second kappa shape index (κ2) is 10.6. The average Bonchev–Trinajstić information content (AvgIpc) is 2.79. The monoisotopic (exact) mass is 441 g/mol. The minimum Gasteiger partial charge on any atom is -0.497 e. The Morgan fingerprint density at radius 1 is 0.903 bits per heavy atom. The molecule has 1 N–H and O–H groups in total. The third-order valence-corrected chi connectivity index (χ3v) is 4.63. The number of ether oxygens (including phenoxy) is 4. The Balaban J connectivity index is 1.68. The first kappa shape index (κ1) is 22.3. The Morgan fingerprint density at radius 2 is 1.52 bits per heavy atom. The first-order valence-corrected chi connectivity index (χ1v) is 10.2. The summed E-state index contributed by atoms with van der Waals surface area (Å²) < 4.78 is 21.9. The van der Waals surface area contributed by atoms with Crippen LogP contribution in [0.1, 0.15) is 23.7 Å². The minimum absolute atomic E-state index is 0.314. The summed E-state index contributed by atoms with van der Waals surface area (Å²) in [5.41, 5.74) is 0.984. The average molecular weight is 442 g/mol. The molecule has 0 spiro atoms. The third kappa shape index (κ3) is 5.83. The molecule has 0 aliphatic carbocycles. The molecule has 3 aromatic carbocycles. The second-order valence-electron chi connectivity index (χ2n) is 6.59.